The van der Waals surface area contributed by atoms with Gasteiger partial charge in [-0.05, 0) is 24.3 Å². The van der Waals surface area contributed by atoms with Crippen LogP contribution in [0.1, 0.15) is 37.3 Å². The number of halogens is 2. The zero-order valence-electron chi connectivity index (χ0n) is 13.2. The zero-order valence-corrected chi connectivity index (χ0v) is 14.8. The maximum atomic E-state index is 5.19. The third-order valence-electron chi connectivity index (χ3n) is 4.70. The minimum Gasteiger partial charge on any atom is -0.481 e. The Labute approximate surface area is 145 Å². The smallest absolute Gasteiger partial charge is 0.212 e. The van der Waals surface area contributed by atoms with E-state index in [4.69, 9.17) is 4.74 Å². The van der Waals surface area contributed by atoms with Crippen LogP contribution in [0.25, 0.3) is 0 Å². The topological polar surface area (TPSA) is 37.4 Å². The van der Waals surface area contributed by atoms with Crippen molar-refractivity contribution in [2.24, 2.45) is 5.92 Å². The van der Waals surface area contributed by atoms with Crippen molar-refractivity contribution >= 4 is 24.8 Å². The summed E-state index contributed by atoms with van der Waals surface area (Å²) in [5.74, 6) is 1.50. The van der Waals surface area contributed by atoms with Gasteiger partial charge < -0.3 is 10.1 Å². The number of nitrogens with zero attached hydrogens (tertiary/aromatic N) is 2. The van der Waals surface area contributed by atoms with Crippen molar-refractivity contribution in [3.63, 3.8) is 0 Å². The summed E-state index contributed by atoms with van der Waals surface area (Å²) in [6, 6.07) is 4.74. The standard InChI is InChI=1S/C16H25N3O.2ClH/c1-20-15-7-6-14(12-18-15)16(13-4-2-3-5-13)19-10-8-17-9-11-19;;/h6-7,12-13,16-17H,2-5,8-11H2,1H3;2*1H/t16-;;/m1../s1. The Hall–Kier alpha value is -0.550. The Bertz CT molecular complexity index is 418. The highest BCUT2D eigenvalue weighted by Gasteiger charge is 2.31. The molecule has 0 spiro atoms. The molecule has 2 heterocycles. The van der Waals surface area contributed by atoms with Gasteiger partial charge in [-0.2, -0.15) is 0 Å². The monoisotopic (exact) mass is 347 g/mol. The van der Waals surface area contributed by atoms with E-state index in [-0.39, 0.29) is 24.8 Å². The van der Waals surface area contributed by atoms with Crippen LogP contribution in [-0.4, -0.2) is 43.2 Å². The normalized spacial score (nSPS) is 20.8. The van der Waals surface area contributed by atoms with Crippen LogP contribution in [0, 0.1) is 5.92 Å². The first-order chi connectivity index (χ1) is 9.88. The minimum absolute atomic E-state index is 0. The van der Waals surface area contributed by atoms with E-state index in [1.54, 1.807) is 7.11 Å². The van der Waals surface area contributed by atoms with E-state index in [0.29, 0.717) is 11.9 Å². The molecule has 1 aliphatic heterocycles. The SMILES string of the molecule is COc1ccc([C@@H](C2CCCC2)N2CCNCC2)cn1.Cl.Cl. The molecule has 2 fully saturated rings. The third kappa shape index (κ3) is 4.48. The van der Waals surface area contributed by atoms with Crippen LogP contribution >= 0.6 is 24.8 Å². The van der Waals surface area contributed by atoms with E-state index in [2.05, 4.69) is 21.3 Å². The highest BCUT2D eigenvalue weighted by Crippen LogP contribution is 2.39. The molecule has 0 radical (unpaired) electrons. The molecule has 1 aliphatic carbocycles. The fourth-order valence-electron chi connectivity index (χ4n) is 3.70. The number of pyridine rings is 1. The van der Waals surface area contributed by atoms with Crippen LogP contribution in [-0.2, 0) is 0 Å². The predicted octanol–water partition coefficient (Wildman–Crippen LogP) is 3.07. The Balaban J connectivity index is 0.00000121. The average molecular weight is 348 g/mol. The fourth-order valence-corrected chi connectivity index (χ4v) is 3.70. The third-order valence-corrected chi connectivity index (χ3v) is 4.70. The molecule has 1 N–H and O–H groups in total. The summed E-state index contributed by atoms with van der Waals surface area (Å²) in [6.07, 6.45) is 7.51. The quantitative estimate of drug-likeness (QED) is 0.908. The Kier molecular flexibility index (Phi) is 8.47. The van der Waals surface area contributed by atoms with Crippen LogP contribution in [0.2, 0.25) is 0 Å². The molecule has 6 heteroatoms. The van der Waals surface area contributed by atoms with Crippen LogP contribution in [0.4, 0.5) is 0 Å². The Morgan fingerprint density at radius 1 is 1.18 bits per heavy atom. The van der Waals surface area contributed by atoms with Gasteiger partial charge in [-0.1, -0.05) is 18.9 Å². The van der Waals surface area contributed by atoms with Gasteiger partial charge in [0.05, 0.1) is 7.11 Å². The first-order valence-electron chi connectivity index (χ1n) is 7.83. The molecule has 2 aliphatic rings. The van der Waals surface area contributed by atoms with E-state index in [1.165, 1.54) is 31.2 Å². The van der Waals surface area contributed by atoms with Crippen molar-refractivity contribution in [2.75, 3.05) is 33.3 Å². The largest absolute Gasteiger partial charge is 0.481 e. The molecule has 22 heavy (non-hydrogen) atoms. The molecule has 0 aromatic carbocycles. The van der Waals surface area contributed by atoms with Crippen molar-refractivity contribution in [1.82, 2.24) is 15.2 Å². The molecule has 1 saturated carbocycles. The predicted molar refractivity (Wildman–Crippen MR) is 94.4 cm³/mol. The van der Waals surface area contributed by atoms with E-state index in [9.17, 15) is 0 Å². The number of methoxy groups -OCH3 is 1. The number of nitrogens with one attached hydrogen (secondary N) is 1. The molecule has 1 atom stereocenters. The van der Waals surface area contributed by atoms with Crippen molar-refractivity contribution in [3.8, 4) is 5.88 Å². The highest BCUT2D eigenvalue weighted by atomic mass is 35.5. The molecule has 0 unspecified atom stereocenters. The van der Waals surface area contributed by atoms with E-state index >= 15 is 0 Å². The molecule has 0 amide bonds. The molecule has 0 bridgehead atoms. The molecule has 1 aromatic rings. The van der Waals surface area contributed by atoms with Gasteiger partial charge in [0.2, 0.25) is 5.88 Å². The van der Waals surface area contributed by atoms with Gasteiger partial charge in [-0.3, -0.25) is 4.90 Å². The van der Waals surface area contributed by atoms with Gasteiger partial charge in [0.25, 0.3) is 0 Å². The summed E-state index contributed by atoms with van der Waals surface area (Å²) in [5.41, 5.74) is 1.36. The molecule has 3 rings (SSSR count). The summed E-state index contributed by atoms with van der Waals surface area (Å²) in [5, 5.41) is 3.45. The van der Waals surface area contributed by atoms with E-state index < -0.39 is 0 Å². The summed E-state index contributed by atoms with van der Waals surface area (Å²) in [6.45, 7) is 4.50. The van der Waals surface area contributed by atoms with E-state index in [1.807, 2.05) is 12.3 Å². The lowest BCUT2D eigenvalue weighted by Gasteiger charge is -2.38. The Morgan fingerprint density at radius 3 is 2.41 bits per heavy atom. The number of hydrogen-bond acceptors (Lipinski definition) is 4. The van der Waals surface area contributed by atoms with Crippen LogP contribution in [0.3, 0.4) is 0 Å². The van der Waals surface area contributed by atoms with Gasteiger partial charge in [0.15, 0.2) is 0 Å². The number of rotatable bonds is 4. The molecular weight excluding hydrogens is 321 g/mol. The van der Waals surface area contributed by atoms with Crippen LogP contribution in [0.5, 0.6) is 5.88 Å². The van der Waals surface area contributed by atoms with Gasteiger partial charge in [-0.25, -0.2) is 4.98 Å². The zero-order chi connectivity index (χ0) is 13.8. The number of piperazine rings is 1. The molecule has 4 nitrogen and oxygen atoms in total. The minimum atomic E-state index is 0. The summed E-state index contributed by atoms with van der Waals surface area (Å²) in [4.78, 5) is 7.07. The van der Waals surface area contributed by atoms with Crippen molar-refractivity contribution in [3.05, 3.63) is 23.9 Å². The second-order valence-corrected chi connectivity index (χ2v) is 5.91. The van der Waals surface area contributed by atoms with Gasteiger partial charge in [0.1, 0.15) is 0 Å². The lowest BCUT2D eigenvalue weighted by molar-refractivity contribution is 0.125. The maximum Gasteiger partial charge on any atom is 0.212 e. The van der Waals surface area contributed by atoms with Crippen LogP contribution < -0.4 is 10.1 Å². The van der Waals surface area contributed by atoms with Crippen molar-refractivity contribution in [2.45, 2.75) is 31.7 Å². The first-order valence-corrected chi connectivity index (χ1v) is 7.83. The average Bonchev–Trinajstić information content (AvgIpc) is 3.03. The van der Waals surface area contributed by atoms with Crippen molar-refractivity contribution < 1.29 is 4.74 Å². The Morgan fingerprint density at radius 2 is 1.86 bits per heavy atom. The van der Waals surface area contributed by atoms with Crippen molar-refractivity contribution in [1.29, 1.82) is 0 Å². The highest BCUT2D eigenvalue weighted by molar-refractivity contribution is 5.85. The lowest BCUT2D eigenvalue weighted by Crippen LogP contribution is -2.46. The second-order valence-electron chi connectivity index (χ2n) is 5.91. The summed E-state index contributed by atoms with van der Waals surface area (Å²) < 4.78 is 5.19. The number of ether oxygens (including phenoxy) is 1. The number of hydrogen-bond donors (Lipinski definition) is 1. The van der Waals surface area contributed by atoms with Gasteiger partial charge in [-0.15, -0.1) is 24.8 Å². The summed E-state index contributed by atoms with van der Waals surface area (Å²) in [7, 11) is 1.67. The molecule has 1 saturated heterocycles. The molecule has 126 valence electrons. The summed E-state index contributed by atoms with van der Waals surface area (Å²) >= 11 is 0. The first kappa shape index (κ1) is 19.5. The molecule has 1 aromatic heterocycles. The number of aromatic nitrogens is 1. The second kappa shape index (κ2) is 9.56. The van der Waals surface area contributed by atoms with Gasteiger partial charge in [0, 0.05) is 44.5 Å². The maximum absolute atomic E-state index is 5.19. The van der Waals surface area contributed by atoms with Crippen LogP contribution in [0.15, 0.2) is 18.3 Å². The molecular formula is C16H27Cl2N3O. The fraction of sp³-hybridized carbons (Fsp3) is 0.688. The van der Waals surface area contributed by atoms with Gasteiger partial charge >= 0.3 is 0 Å². The lowest BCUT2D eigenvalue weighted by atomic mass is 9.90. The van der Waals surface area contributed by atoms with E-state index in [0.717, 1.165) is 32.1 Å².